The summed E-state index contributed by atoms with van der Waals surface area (Å²) in [7, 11) is 0. The summed E-state index contributed by atoms with van der Waals surface area (Å²) in [6.07, 6.45) is 7.43. The van der Waals surface area contributed by atoms with Gasteiger partial charge in [0.05, 0.1) is 0 Å². The summed E-state index contributed by atoms with van der Waals surface area (Å²) in [6.45, 7) is 7.07. The largest absolute Gasteiger partial charge is 0.361 e. The predicted molar refractivity (Wildman–Crippen MR) is 82.6 cm³/mol. The number of benzene rings is 1. The van der Waals surface area contributed by atoms with Crippen LogP contribution >= 0.6 is 0 Å². The van der Waals surface area contributed by atoms with Crippen LogP contribution < -0.4 is 0 Å². The van der Waals surface area contributed by atoms with Crippen molar-refractivity contribution < 1.29 is 0 Å². The van der Waals surface area contributed by atoms with Crippen molar-refractivity contribution in [2.24, 2.45) is 11.8 Å². The highest BCUT2D eigenvalue weighted by Crippen LogP contribution is 2.44. The van der Waals surface area contributed by atoms with Gasteiger partial charge >= 0.3 is 0 Å². The predicted octanol–water partition coefficient (Wildman–Crippen LogP) is 5.27. The first-order valence-electron chi connectivity index (χ1n) is 7.83. The van der Waals surface area contributed by atoms with E-state index >= 15 is 0 Å². The maximum absolute atomic E-state index is 3.45. The van der Waals surface area contributed by atoms with Crippen molar-refractivity contribution in [1.82, 2.24) is 4.98 Å². The van der Waals surface area contributed by atoms with Crippen LogP contribution in [-0.4, -0.2) is 4.98 Å². The molecule has 19 heavy (non-hydrogen) atoms. The summed E-state index contributed by atoms with van der Waals surface area (Å²) < 4.78 is 0. The van der Waals surface area contributed by atoms with Gasteiger partial charge in [0.1, 0.15) is 0 Å². The quantitative estimate of drug-likeness (QED) is 0.766. The van der Waals surface area contributed by atoms with E-state index in [-0.39, 0.29) is 0 Å². The number of hydrogen-bond acceptors (Lipinski definition) is 0. The lowest BCUT2D eigenvalue weighted by Crippen LogP contribution is -2.21. The van der Waals surface area contributed by atoms with Gasteiger partial charge in [-0.3, -0.25) is 0 Å². The minimum atomic E-state index is 0.756. The molecule has 0 saturated carbocycles. The van der Waals surface area contributed by atoms with Gasteiger partial charge in [-0.05, 0) is 47.8 Å². The number of aromatic amines is 1. The van der Waals surface area contributed by atoms with Crippen LogP contribution in [0.1, 0.15) is 57.1 Å². The molecule has 1 N–H and O–H groups in total. The molecule has 2 unspecified atom stereocenters. The molecule has 1 aliphatic carbocycles. The standard InChI is InChI=1S/C18H25N/c1-4-12(3)9-16-13(5-2)10-14-11-19-17-8-6-7-15(16)18(14)17/h6-8,11-13,16,19H,4-5,9-10H2,1-3H3/t12?,13-,16?/m1/s1. The van der Waals surface area contributed by atoms with Gasteiger partial charge in [-0.2, -0.15) is 0 Å². The van der Waals surface area contributed by atoms with E-state index in [2.05, 4.69) is 50.2 Å². The van der Waals surface area contributed by atoms with Crippen molar-refractivity contribution in [3.05, 3.63) is 35.5 Å². The molecule has 0 aliphatic heterocycles. The van der Waals surface area contributed by atoms with Gasteiger partial charge in [0.15, 0.2) is 0 Å². The average Bonchev–Trinajstić information content (AvgIpc) is 2.86. The van der Waals surface area contributed by atoms with Crippen LogP contribution in [0.4, 0.5) is 0 Å². The minimum absolute atomic E-state index is 0.756. The molecule has 1 aromatic heterocycles. The molecule has 1 aliphatic rings. The summed E-state index contributed by atoms with van der Waals surface area (Å²) in [5.74, 6) is 2.41. The van der Waals surface area contributed by atoms with Crippen molar-refractivity contribution in [2.45, 2.75) is 52.4 Å². The van der Waals surface area contributed by atoms with E-state index in [1.807, 2.05) is 0 Å². The molecule has 3 atom stereocenters. The molecule has 102 valence electrons. The van der Waals surface area contributed by atoms with E-state index in [4.69, 9.17) is 0 Å². The van der Waals surface area contributed by atoms with Gasteiger partial charge in [-0.1, -0.05) is 45.7 Å². The highest BCUT2D eigenvalue weighted by atomic mass is 14.7. The van der Waals surface area contributed by atoms with Crippen molar-refractivity contribution in [2.75, 3.05) is 0 Å². The molecular weight excluding hydrogens is 230 g/mol. The Balaban J connectivity index is 2.07. The first-order chi connectivity index (χ1) is 9.24. The number of H-pyrrole nitrogens is 1. The Kier molecular flexibility index (Phi) is 3.38. The molecule has 3 rings (SSSR count). The number of hydrogen-bond donors (Lipinski definition) is 1. The van der Waals surface area contributed by atoms with E-state index in [0.717, 1.165) is 17.8 Å². The summed E-state index contributed by atoms with van der Waals surface area (Å²) in [6, 6.07) is 6.81. The third-order valence-electron chi connectivity index (χ3n) is 5.15. The third kappa shape index (κ3) is 2.09. The maximum Gasteiger partial charge on any atom is 0.0459 e. The molecule has 0 spiro atoms. The normalized spacial score (nSPS) is 23.7. The number of aromatic nitrogens is 1. The highest BCUT2D eigenvalue weighted by molar-refractivity contribution is 5.88. The van der Waals surface area contributed by atoms with Gasteiger partial charge < -0.3 is 4.98 Å². The molecule has 0 saturated heterocycles. The Morgan fingerprint density at radius 1 is 1.32 bits per heavy atom. The highest BCUT2D eigenvalue weighted by Gasteiger charge is 2.30. The Labute approximate surface area is 116 Å². The molecule has 0 fully saturated rings. The van der Waals surface area contributed by atoms with Crippen molar-refractivity contribution in [3.8, 4) is 0 Å². The van der Waals surface area contributed by atoms with Gasteiger partial charge in [-0.25, -0.2) is 0 Å². The van der Waals surface area contributed by atoms with E-state index in [0.29, 0.717) is 0 Å². The zero-order chi connectivity index (χ0) is 13.4. The molecule has 0 radical (unpaired) electrons. The number of nitrogens with one attached hydrogen (secondary N) is 1. The van der Waals surface area contributed by atoms with Crippen LogP contribution in [0, 0.1) is 11.8 Å². The third-order valence-corrected chi connectivity index (χ3v) is 5.15. The van der Waals surface area contributed by atoms with Crippen LogP contribution in [0.3, 0.4) is 0 Å². The Morgan fingerprint density at radius 3 is 2.89 bits per heavy atom. The second-order valence-electron chi connectivity index (χ2n) is 6.31. The Bertz CT molecular complexity index is 566. The lowest BCUT2D eigenvalue weighted by Gasteiger charge is -2.33. The first-order valence-corrected chi connectivity index (χ1v) is 7.83. The smallest absolute Gasteiger partial charge is 0.0459 e. The van der Waals surface area contributed by atoms with Gasteiger partial charge in [-0.15, -0.1) is 0 Å². The molecule has 1 heteroatoms. The van der Waals surface area contributed by atoms with Gasteiger partial charge in [0, 0.05) is 17.1 Å². The fraction of sp³-hybridized carbons (Fsp3) is 0.556. The van der Waals surface area contributed by atoms with Crippen molar-refractivity contribution in [1.29, 1.82) is 0 Å². The summed E-state index contributed by atoms with van der Waals surface area (Å²) >= 11 is 0. The van der Waals surface area contributed by atoms with Gasteiger partial charge in [0.2, 0.25) is 0 Å². The fourth-order valence-corrected chi connectivity index (χ4v) is 3.78. The van der Waals surface area contributed by atoms with E-state index < -0.39 is 0 Å². The molecule has 1 aromatic carbocycles. The van der Waals surface area contributed by atoms with Crippen molar-refractivity contribution >= 4 is 10.9 Å². The molecule has 0 amide bonds. The van der Waals surface area contributed by atoms with Crippen LogP contribution in [0.25, 0.3) is 10.9 Å². The van der Waals surface area contributed by atoms with Crippen LogP contribution in [-0.2, 0) is 6.42 Å². The van der Waals surface area contributed by atoms with Gasteiger partial charge in [0.25, 0.3) is 0 Å². The zero-order valence-corrected chi connectivity index (χ0v) is 12.4. The lowest BCUT2D eigenvalue weighted by atomic mass is 9.71. The minimum Gasteiger partial charge on any atom is -0.361 e. The van der Waals surface area contributed by atoms with Crippen molar-refractivity contribution in [3.63, 3.8) is 0 Å². The second-order valence-corrected chi connectivity index (χ2v) is 6.31. The van der Waals surface area contributed by atoms with E-state index in [1.54, 1.807) is 5.56 Å². The molecular formula is C18H25N. The number of rotatable bonds is 4. The molecule has 2 aromatic rings. The summed E-state index contributed by atoms with van der Waals surface area (Å²) in [5, 5.41) is 1.53. The molecule has 0 bridgehead atoms. The molecule has 1 nitrogen and oxygen atoms in total. The summed E-state index contributed by atoms with van der Waals surface area (Å²) in [4.78, 5) is 3.45. The summed E-state index contributed by atoms with van der Waals surface area (Å²) in [5.41, 5.74) is 4.47. The average molecular weight is 255 g/mol. The second kappa shape index (κ2) is 5.03. The Hall–Kier alpha value is -1.24. The van der Waals surface area contributed by atoms with Crippen LogP contribution in [0.5, 0.6) is 0 Å². The first kappa shape index (κ1) is 12.8. The van der Waals surface area contributed by atoms with Crippen LogP contribution in [0.15, 0.2) is 24.4 Å². The van der Waals surface area contributed by atoms with Crippen LogP contribution in [0.2, 0.25) is 0 Å². The monoisotopic (exact) mass is 255 g/mol. The van der Waals surface area contributed by atoms with E-state index in [9.17, 15) is 0 Å². The zero-order valence-electron chi connectivity index (χ0n) is 12.4. The SMILES string of the molecule is CCC(C)CC1c2cccc3[nH]cc(c23)C[C@H]1CC. The molecule has 1 heterocycles. The Morgan fingerprint density at radius 2 is 2.16 bits per heavy atom. The van der Waals surface area contributed by atoms with E-state index in [1.165, 1.54) is 42.1 Å². The topological polar surface area (TPSA) is 15.8 Å². The lowest BCUT2D eigenvalue weighted by molar-refractivity contribution is 0.333. The maximum atomic E-state index is 3.45. The fourth-order valence-electron chi connectivity index (χ4n) is 3.78.